The van der Waals surface area contributed by atoms with Gasteiger partial charge in [-0.1, -0.05) is 23.7 Å². The lowest BCUT2D eigenvalue weighted by molar-refractivity contribution is -0.142. The molecule has 0 spiro atoms. The highest BCUT2D eigenvalue weighted by Gasteiger charge is 2.33. The van der Waals surface area contributed by atoms with Gasteiger partial charge < -0.3 is 9.64 Å². The fourth-order valence-corrected chi connectivity index (χ4v) is 2.54. The van der Waals surface area contributed by atoms with E-state index in [4.69, 9.17) is 11.6 Å². The summed E-state index contributed by atoms with van der Waals surface area (Å²) in [4.78, 5) is 24.8. The van der Waals surface area contributed by atoms with Gasteiger partial charge in [-0.3, -0.25) is 9.59 Å². The molecule has 1 amide bonds. The summed E-state index contributed by atoms with van der Waals surface area (Å²) in [5.74, 6) is -0.931. The maximum Gasteiger partial charge on any atom is 0.307 e. The number of esters is 1. The molecule has 6 heteroatoms. The Morgan fingerprint density at radius 2 is 2.30 bits per heavy atom. The Bertz CT molecular complexity index is 535. The average Bonchev–Trinajstić information content (AvgIpc) is 2.76. The zero-order valence-electron chi connectivity index (χ0n) is 11.1. The summed E-state index contributed by atoms with van der Waals surface area (Å²) in [7, 11) is 1.31. The van der Waals surface area contributed by atoms with Crippen molar-refractivity contribution in [2.24, 2.45) is 0 Å². The summed E-state index contributed by atoms with van der Waals surface area (Å²) < 4.78 is 18.0. The van der Waals surface area contributed by atoms with E-state index in [2.05, 4.69) is 4.74 Å². The van der Waals surface area contributed by atoms with Gasteiger partial charge in [-0.2, -0.15) is 0 Å². The number of amides is 1. The standard InChI is InChI=1S/C14H15ClFNO3/c1-20-13(19)7-10-5-6-12(18)17(10)8-9-3-2-4-11(16)14(9)15/h2-4,10H,5-8H2,1H3/t10-/m0/s1. The van der Waals surface area contributed by atoms with Crippen LogP contribution in [-0.4, -0.2) is 29.9 Å². The number of hydrogen-bond acceptors (Lipinski definition) is 3. The SMILES string of the molecule is COC(=O)C[C@@H]1CCC(=O)N1Cc1cccc(F)c1Cl. The second-order valence-electron chi connectivity index (χ2n) is 4.71. The molecule has 1 fully saturated rings. The molecule has 1 aromatic rings. The normalized spacial score (nSPS) is 18.4. The van der Waals surface area contributed by atoms with Crippen LogP contribution in [0.25, 0.3) is 0 Å². The van der Waals surface area contributed by atoms with E-state index in [-0.39, 0.29) is 35.9 Å². The zero-order valence-corrected chi connectivity index (χ0v) is 11.8. The molecule has 1 heterocycles. The number of rotatable bonds is 4. The maximum atomic E-state index is 13.4. The molecule has 2 rings (SSSR count). The topological polar surface area (TPSA) is 46.6 Å². The summed E-state index contributed by atoms with van der Waals surface area (Å²) in [5, 5.41) is 0.0176. The van der Waals surface area contributed by atoms with Crippen LogP contribution in [0.4, 0.5) is 4.39 Å². The fraction of sp³-hybridized carbons (Fsp3) is 0.429. The molecule has 108 valence electrons. The Morgan fingerprint density at radius 1 is 1.55 bits per heavy atom. The van der Waals surface area contributed by atoms with Crippen molar-refractivity contribution in [1.29, 1.82) is 0 Å². The number of nitrogens with zero attached hydrogens (tertiary/aromatic N) is 1. The van der Waals surface area contributed by atoms with E-state index in [1.165, 1.54) is 13.2 Å². The minimum absolute atomic E-state index is 0.0176. The van der Waals surface area contributed by atoms with Gasteiger partial charge in [0.05, 0.1) is 18.6 Å². The number of likely N-dealkylation sites (tertiary alicyclic amines) is 1. The second-order valence-corrected chi connectivity index (χ2v) is 5.09. The van der Waals surface area contributed by atoms with Crippen LogP contribution < -0.4 is 0 Å². The van der Waals surface area contributed by atoms with Crippen LogP contribution in [0.3, 0.4) is 0 Å². The molecule has 1 saturated heterocycles. The van der Waals surface area contributed by atoms with Gasteiger partial charge in [-0.15, -0.1) is 0 Å². The Kier molecular flexibility index (Phi) is 4.60. The molecule has 1 aromatic carbocycles. The van der Waals surface area contributed by atoms with Crippen molar-refractivity contribution in [2.75, 3.05) is 7.11 Å². The van der Waals surface area contributed by atoms with Gasteiger partial charge in [0, 0.05) is 19.0 Å². The molecule has 4 nitrogen and oxygen atoms in total. The molecule has 1 aliphatic rings. The number of hydrogen-bond donors (Lipinski definition) is 0. The number of benzene rings is 1. The Hall–Kier alpha value is -1.62. The largest absolute Gasteiger partial charge is 0.469 e. The van der Waals surface area contributed by atoms with E-state index < -0.39 is 5.82 Å². The van der Waals surface area contributed by atoms with Crippen molar-refractivity contribution in [1.82, 2.24) is 4.90 Å². The Labute approximate surface area is 121 Å². The van der Waals surface area contributed by atoms with E-state index >= 15 is 0 Å². The maximum absolute atomic E-state index is 13.4. The summed E-state index contributed by atoms with van der Waals surface area (Å²) in [6.07, 6.45) is 1.13. The van der Waals surface area contributed by atoms with Gasteiger partial charge >= 0.3 is 5.97 Å². The highest BCUT2D eigenvalue weighted by atomic mass is 35.5. The number of halogens is 2. The Balaban J connectivity index is 2.14. The monoisotopic (exact) mass is 299 g/mol. The molecule has 1 atom stereocenters. The lowest BCUT2D eigenvalue weighted by Crippen LogP contribution is -2.34. The van der Waals surface area contributed by atoms with Crippen molar-refractivity contribution in [3.05, 3.63) is 34.6 Å². The molecular weight excluding hydrogens is 285 g/mol. The molecular formula is C14H15ClFNO3. The van der Waals surface area contributed by atoms with Crippen LogP contribution in [0.15, 0.2) is 18.2 Å². The molecule has 0 bridgehead atoms. The lowest BCUT2D eigenvalue weighted by Gasteiger charge is -2.24. The van der Waals surface area contributed by atoms with E-state index in [0.29, 0.717) is 18.4 Å². The predicted octanol–water partition coefficient (Wildman–Crippen LogP) is 2.53. The summed E-state index contributed by atoms with van der Waals surface area (Å²) in [6.45, 7) is 0.205. The number of methoxy groups -OCH3 is 1. The molecule has 0 unspecified atom stereocenters. The fourth-order valence-electron chi connectivity index (χ4n) is 2.35. The van der Waals surface area contributed by atoms with Crippen LogP contribution in [0.2, 0.25) is 5.02 Å². The van der Waals surface area contributed by atoms with E-state index in [0.717, 1.165) is 0 Å². The van der Waals surface area contributed by atoms with Crippen molar-refractivity contribution in [3.8, 4) is 0 Å². The first kappa shape index (κ1) is 14.8. The predicted molar refractivity (Wildman–Crippen MR) is 71.6 cm³/mol. The van der Waals surface area contributed by atoms with Gasteiger partial charge in [0.15, 0.2) is 0 Å². The highest BCUT2D eigenvalue weighted by Crippen LogP contribution is 2.27. The van der Waals surface area contributed by atoms with Crippen LogP contribution in [0.5, 0.6) is 0 Å². The van der Waals surface area contributed by atoms with Crippen molar-refractivity contribution in [2.45, 2.75) is 31.8 Å². The van der Waals surface area contributed by atoms with Gasteiger partial charge in [-0.25, -0.2) is 4.39 Å². The first-order valence-electron chi connectivity index (χ1n) is 6.32. The van der Waals surface area contributed by atoms with E-state index in [1.54, 1.807) is 17.0 Å². The molecule has 20 heavy (non-hydrogen) atoms. The third-order valence-corrected chi connectivity index (χ3v) is 3.88. The van der Waals surface area contributed by atoms with Crippen LogP contribution in [-0.2, 0) is 20.9 Å². The summed E-state index contributed by atoms with van der Waals surface area (Å²) >= 11 is 5.90. The number of carbonyl (C=O) groups excluding carboxylic acids is 2. The Morgan fingerprint density at radius 3 is 3.00 bits per heavy atom. The minimum atomic E-state index is -0.514. The van der Waals surface area contributed by atoms with E-state index in [1.807, 2.05) is 0 Å². The average molecular weight is 300 g/mol. The lowest BCUT2D eigenvalue weighted by atomic mass is 10.1. The molecule has 0 N–H and O–H groups in total. The number of ether oxygens (including phenoxy) is 1. The smallest absolute Gasteiger partial charge is 0.307 e. The van der Waals surface area contributed by atoms with E-state index in [9.17, 15) is 14.0 Å². The molecule has 0 saturated carbocycles. The van der Waals surface area contributed by atoms with Crippen LogP contribution >= 0.6 is 11.6 Å². The molecule has 0 radical (unpaired) electrons. The second kappa shape index (κ2) is 6.22. The van der Waals surface area contributed by atoms with Crippen LogP contribution in [0, 0.1) is 5.82 Å². The molecule has 0 aliphatic carbocycles. The number of carbonyl (C=O) groups is 2. The van der Waals surface area contributed by atoms with Crippen LogP contribution in [0.1, 0.15) is 24.8 Å². The third kappa shape index (κ3) is 3.10. The third-order valence-electron chi connectivity index (χ3n) is 3.45. The van der Waals surface area contributed by atoms with Crippen molar-refractivity contribution >= 4 is 23.5 Å². The molecule has 0 aromatic heterocycles. The first-order chi connectivity index (χ1) is 9.52. The summed E-state index contributed by atoms with van der Waals surface area (Å²) in [6, 6.07) is 4.27. The van der Waals surface area contributed by atoms with Crippen molar-refractivity contribution < 1.29 is 18.7 Å². The van der Waals surface area contributed by atoms with Gasteiger partial charge in [0.2, 0.25) is 5.91 Å². The quantitative estimate of drug-likeness (QED) is 0.803. The summed E-state index contributed by atoms with van der Waals surface area (Å²) in [5.41, 5.74) is 0.539. The minimum Gasteiger partial charge on any atom is -0.469 e. The first-order valence-corrected chi connectivity index (χ1v) is 6.70. The highest BCUT2D eigenvalue weighted by molar-refractivity contribution is 6.31. The van der Waals surface area contributed by atoms with Gasteiger partial charge in [-0.05, 0) is 18.1 Å². The molecule has 1 aliphatic heterocycles. The zero-order chi connectivity index (χ0) is 14.7. The van der Waals surface area contributed by atoms with Crippen molar-refractivity contribution in [3.63, 3.8) is 0 Å². The van der Waals surface area contributed by atoms with Gasteiger partial charge in [0.25, 0.3) is 0 Å². The van der Waals surface area contributed by atoms with Gasteiger partial charge in [0.1, 0.15) is 5.82 Å².